The minimum atomic E-state index is -0.293. The maximum Gasteiger partial charge on any atom is 0.273 e. The minimum absolute atomic E-state index is 0.0882. The van der Waals surface area contributed by atoms with E-state index < -0.39 is 0 Å². The second-order valence-corrected chi connectivity index (χ2v) is 8.05. The minimum Gasteiger partial charge on any atom is -0.507 e. The van der Waals surface area contributed by atoms with Gasteiger partial charge < -0.3 is 10.0 Å². The number of nitrogens with one attached hydrogen (secondary N) is 1. The molecule has 0 saturated carbocycles. The molecule has 2 N–H and O–H groups in total. The molecule has 1 atom stereocenters. The van der Waals surface area contributed by atoms with Crippen LogP contribution < -0.4 is 0 Å². The number of carbonyl (C=O) groups is 1. The number of hydrogen-bond donors (Lipinski definition) is 2. The van der Waals surface area contributed by atoms with Gasteiger partial charge in [-0.25, -0.2) is 0 Å². The first kappa shape index (κ1) is 19.1. The van der Waals surface area contributed by atoms with Crippen LogP contribution in [-0.2, 0) is 6.54 Å². The molecule has 2 heterocycles. The summed E-state index contributed by atoms with van der Waals surface area (Å²) >= 11 is 0. The molecule has 154 valence electrons. The molecule has 3 aromatic carbocycles. The van der Waals surface area contributed by atoms with Gasteiger partial charge in [0.2, 0.25) is 0 Å². The van der Waals surface area contributed by atoms with Crippen molar-refractivity contribution in [3.05, 3.63) is 106 Å². The summed E-state index contributed by atoms with van der Waals surface area (Å²) in [5.74, 6) is 0.0768. The van der Waals surface area contributed by atoms with Gasteiger partial charge in [-0.05, 0) is 48.2 Å². The summed E-state index contributed by atoms with van der Waals surface area (Å²) in [6.45, 7) is 4.46. The van der Waals surface area contributed by atoms with E-state index in [1.54, 1.807) is 6.07 Å². The third kappa shape index (κ3) is 3.19. The topological polar surface area (TPSA) is 69.2 Å². The lowest BCUT2D eigenvalue weighted by Gasteiger charge is -2.26. The van der Waals surface area contributed by atoms with E-state index in [1.165, 1.54) is 0 Å². The summed E-state index contributed by atoms with van der Waals surface area (Å²) in [5, 5.41) is 18.1. The molecule has 0 unspecified atom stereocenters. The smallest absolute Gasteiger partial charge is 0.273 e. The van der Waals surface area contributed by atoms with Gasteiger partial charge in [0.15, 0.2) is 0 Å². The molecule has 31 heavy (non-hydrogen) atoms. The van der Waals surface area contributed by atoms with E-state index in [-0.39, 0.29) is 17.7 Å². The van der Waals surface area contributed by atoms with Crippen LogP contribution in [0, 0.1) is 13.8 Å². The van der Waals surface area contributed by atoms with E-state index in [2.05, 4.69) is 10.2 Å². The number of benzene rings is 3. The zero-order valence-electron chi connectivity index (χ0n) is 17.5. The quantitative estimate of drug-likeness (QED) is 0.490. The lowest BCUT2D eigenvalue weighted by molar-refractivity contribution is 0.0730. The Labute approximate surface area is 181 Å². The third-order valence-corrected chi connectivity index (χ3v) is 6.04. The summed E-state index contributed by atoms with van der Waals surface area (Å²) in [7, 11) is 0. The molecule has 0 bridgehead atoms. The maximum absolute atomic E-state index is 13.4. The van der Waals surface area contributed by atoms with Crippen molar-refractivity contribution >= 4 is 5.91 Å². The van der Waals surface area contributed by atoms with E-state index in [0.717, 1.165) is 27.8 Å². The number of phenolic OH excluding ortho intramolecular Hbond substituents is 1. The number of hydrogen-bond acceptors (Lipinski definition) is 3. The molecule has 1 amide bonds. The number of aromatic amines is 1. The second-order valence-electron chi connectivity index (χ2n) is 8.05. The number of aryl methyl sites for hydroxylation is 2. The number of fused-ring (bicyclic) bond motifs is 1. The number of amides is 1. The Balaban J connectivity index is 1.68. The summed E-state index contributed by atoms with van der Waals surface area (Å²) in [6, 6.07) is 23.4. The van der Waals surface area contributed by atoms with Crippen LogP contribution in [0.1, 0.15) is 44.3 Å². The van der Waals surface area contributed by atoms with Gasteiger partial charge in [0.1, 0.15) is 17.1 Å². The van der Waals surface area contributed by atoms with Gasteiger partial charge in [-0.3, -0.25) is 9.89 Å². The monoisotopic (exact) mass is 409 g/mol. The molecular weight excluding hydrogens is 386 g/mol. The predicted molar refractivity (Wildman–Crippen MR) is 120 cm³/mol. The van der Waals surface area contributed by atoms with Crippen LogP contribution in [0.5, 0.6) is 5.75 Å². The number of carbonyl (C=O) groups excluding carboxylic acids is 1. The van der Waals surface area contributed by atoms with Crippen LogP contribution in [0.4, 0.5) is 0 Å². The molecule has 0 spiro atoms. The molecule has 5 rings (SSSR count). The standard InChI is InChI=1S/C26H23N3O2/c1-16-13-20(21(30)14-17(16)2)23-22-24(28-27-23)26(31)29(15-18-9-5-3-6-10-18)25(22)19-11-7-4-8-12-19/h3-14,25,30H,15H2,1-2H3,(H,27,28)/t25-/m0/s1. The molecule has 0 fully saturated rings. The highest BCUT2D eigenvalue weighted by Gasteiger charge is 2.42. The van der Waals surface area contributed by atoms with E-state index in [9.17, 15) is 9.90 Å². The maximum atomic E-state index is 13.4. The zero-order valence-corrected chi connectivity index (χ0v) is 17.5. The Morgan fingerprint density at radius 3 is 2.32 bits per heavy atom. The highest BCUT2D eigenvalue weighted by molar-refractivity contribution is 6.00. The van der Waals surface area contributed by atoms with Gasteiger partial charge in [0.05, 0.1) is 6.04 Å². The number of rotatable bonds is 4. The van der Waals surface area contributed by atoms with E-state index in [1.807, 2.05) is 85.5 Å². The Hall–Kier alpha value is -3.86. The fourth-order valence-electron chi connectivity index (χ4n) is 4.32. The Morgan fingerprint density at radius 2 is 1.61 bits per heavy atom. The first-order chi connectivity index (χ1) is 15.0. The average molecular weight is 409 g/mol. The predicted octanol–water partition coefficient (Wildman–Crippen LogP) is 5.14. The van der Waals surface area contributed by atoms with Crippen LogP contribution in [-0.4, -0.2) is 26.1 Å². The van der Waals surface area contributed by atoms with E-state index in [0.29, 0.717) is 23.5 Å². The summed E-state index contributed by atoms with van der Waals surface area (Å²) in [6.07, 6.45) is 0. The molecule has 0 aliphatic carbocycles. The first-order valence-corrected chi connectivity index (χ1v) is 10.3. The molecule has 5 heteroatoms. The fraction of sp³-hybridized carbons (Fsp3) is 0.154. The largest absolute Gasteiger partial charge is 0.507 e. The van der Waals surface area contributed by atoms with Gasteiger partial charge >= 0.3 is 0 Å². The van der Waals surface area contributed by atoms with Crippen molar-refractivity contribution in [2.24, 2.45) is 0 Å². The summed E-state index contributed by atoms with van der Waals surface area (Å²) < 4.78 is 0. The molecule has 4 aromatic rings. The van der Waals surface area contributed by atoms with E-state index >= 15 is 0 Å². The van der Waals surface area contributed by atoms with Gasteiger partial charge in [0.25, 0.3) is 5.91 Å². The highest BCUT2D eigenvalue weighted by atomic mass is 16.3. The van der Waals surface area contributed by atoms with Gasteiger partial charge in [0, 0.05) is 17.7 Å². The number of H-pyrrole nitrogens is 1. The normalized spacial score (nSPS) is 15.4. The van der Waals surface area contributed by atoms with Crippen molar-refractivity contribution in [3.8, 4) is 17.0 Å². The Kier molecular flexibility index (Phi) is 4.59. The number of aromatic hydroxyl groups is 1. The Bertz CT molecular complexity index is 1260. The average Bonchev–Trinajstić information content (AvgIpc) is 3.31. The lowest BCUT2D eigenvalue weighted by Crippen LogP contribution is -2.29. The highest BCUT2D eigenvalue weighted by Crippen LogP contribution is 2.45. The van der Waals surface area contributed by atoms with E-state index in [4.69, 9.17) is 0 Å². The van der Waals surface area contributed by atoms with Gasteiger partial charge in [-0.1, -0.05) is 60.7 Å². The summed E-state index contributed by atoms with van der Waals surface area (Å²) in [5.41, 5.74) is 6.69. The number of nitrogens with zero attached hydrogens (tertiary/aromatic N) is 2. The van der Waals surface area contributed by atoms with Gasteiger partial charge in [-0.15, -0.1) is 0 Å². The van der Waals surface area contributed by atoms with Crippen molar-refractivity contribution in [2.45, 2.75) is 26.4 Å². The van der Waals surface area contributed by atoms with Crippen molar-refractivity contribution in [1.29, 1.82) is 0 Å². The van der Waals surface area contributed by atoms with Crippen LogP contribution in [0.3, 0.4) is 0 Å². The molecular formula is C26H23N3O2. The number of phenols is 1. The number of aromatic nitrogens is 2. The fourth-order valence-corrected chi connectivity index (χ4v) is 4.32. The van der Waals surface area contributed by atoms with Crippen molar-refractivity contribution in [2.75, 3.05) is 0 Å². The van der Waals surface area contributed by atoms with Crippen LogP contribution in [0.25, 0.3) is 11.3 Å². The van der Waals surface area contributed by atoms with Crippen LogP contribution >= 0.6 is 0 Å². The molecule has 5 nitrogen and oxygen atoms in total. The first-order valence-electron chi connectivity index (χ1n) is 10.3. The van der Waals surface area contributed by atoms with Gasteiger partial charge in [-0.2, -0.15) is 5.10 Å². The lowest BCUT2D eigenvalue weighted by atomic mass is 9.94. The van der Waals surface area contributed by atoms with Crippen molar-refractivity contribution in [1.82, 2.24) is 15.1 Å². The molecule has 0 saturated heterocycles. The van der Waals surface area contributed by atoms with Crippen molar-refractivity contribution < 1.29 is 9.90 Å². The third-order valence-electron chi connectivity index (χ3n) is 6.04. The molecule has 1 aliphatic heterocycles. The molecule has 1 aromatic heterocycles. The second kappa shape index (κ2) is 7.43. The van der Waals surface area contributed by atoms with Crippen LogP contribution in [0.15, 0.2) is 72.8 Å². The molecule has 1 aliphatic rings. The van der Waals surface area contributed by atoms with Crippen LogP contribution in [0.2, 0.25) is 0 Å². The SMILES string of the molecule is Cc1cc(O)c(-c2n[nH]c3c2[C@H](c2ccccc2)N(Cc2ccccc2)C3=O)cc1C. The zero-order chi connectivity index (χ0) is 21.5. The molecule has 0 radical (unpaired) electrons. The Morgan fingerprint density at radius 1 is 0.968 bits per heavy atom. The van der Waals surface area contributed by atoms with Crippen molar-refractivity contribution in [3.63, 3.8) is 0 Å². The summed E-state index contributed by atoms with van der Waals surface area (Å²) in [4.78, 5) is 15.3.